The maximum atomic E-state index is 11.2. The zero-order valence-corrected chi connectivity index (χ0v) is 10.4. The molecule has 3 N–H and O–H groups in total. The normalized spacial score (nSPS) is 22.2. The molecule has 1 unspecified atom stereocenters. The number of benzene rings is 1. The highest BCUT2D eigenvalue weighted by Gasteiger charge is 2.29. The third-order valence-corrected chi connectivity index (χ3v) is 3.52. The quantitative estimate of drug-likeness (QED) is 0.777. The second-order valence-corrected chi connectivity index (χ2v) is 5.40. The van der Waals surface area contributed by atoms with Gasteiger partial charge >= 0.3 is 10.2 Å². The first-order valence-corrected chi connectivity index (χ1v) is 6.48. The molecule has 0 saturated heterocycles. The first kappa shape index (κ1) is 11.9. The van der Waals surface area contributed by atoms with E-state index in [-0.39, 0.29) is 5.84 Å². The molecular formula is C10H14N4O2S. The molecule has 0 bridgehead atoms. The van der Waals surface area contributed by atoms with E-state index >= 15 is 0 Å². The predicted octanol–water partition coefficient (Wildman–Crippen LogP) is -0.00110. The lowest BCUT2D eigenvalue weighted by molar-refractivity contribution is 0.585. The molecule has 7 heteroatoms. The van der Waals surface area contributed by atoms with Crippen molar-refractivity contribution in [3.63, 3.8) is 0 Å². The Morgan fingerprint density at radius 3 is 2.29 bits per heavy atom. The molecule has 0 spiro atoms. The van der Waals surface area contributed by atoms with E-state index < -0.39 is 16.3 Å². The summed E-state index contributed by atoms with van der Waals surface area (Å²) < 4.78 is 28.2. The van der Waals surface area contributed by atoms with Crippen LogP contribution in [0.3, 0.4) is 0 Å². The summed E-state index contributed by atoms with van der Waals surface area (Å²) in [4.78, 5) is 1.96. The molecular weight excluding hydrogens is 240 g/mol. The lowest BCUT2D eigenvalue weighted by Crippen LogP contribution is -2.28. The third-order valence-electron chi connectivity index (χ3n) is 2.53. The van der Waals surface area contributed by atoms with Crippen molar-refractivity contribution in [3.05, 3.63) is 29.8 Å². The van der Waals surface area contributed by atoms with Crippen LogP contribution < -0.4 is 15.4 Å². The molecule has 0 aromatic heterocycles. The highest BCUT2D eigenvalue weighted by Crippen LogP contribution is 2.22. The van der Waals surface area contributed by atoms with Crippen LogP contribution in [0.4, 0.5) is 5.69 Å². The first-order valence-electron chi connectivity index (χ1n) is 5.04. The third kappa shape index (κ3) is 2.40. The van der Waals surface area contributed by atoms with Gasteiger partial charge in [0.05, 0.1) is 0 Å². The fraction of sp³-hybridized carbons (Fsp3) is 0.300. The van der Waals surface area contributed by atoms with Gasteiger partial charge in [-0.3, -0.25) is 0 Å². The zero-order valence-electron chi connectivity index (χ0n) is 9.58. The number of anilines is 1. The van der Waals surface area contributed by atoms with E-state index in [4.69, 9.17) is 5.73 Å². The van der Waals surface area contributed by atoms with E-state index in [0.29, 0.717) is 0 Å². The Morgan fingerprint density at radius 2 is 1.88 bits per heavy atom. The SMILES string of the molecule is CN(C)c1ccc(C2NS(=O)(=O)N=C2N)cc1. The van der Waals surface area contributed by atoms with Crippen LogP contribution in [0.25, 0.3) is 0 Å². The molecule has 17 heavy (non-hydrogen) atoms. The number of nitrogens with one attached hydrogen (secondary N) is 1. The van der Waals surface area contributed by atoms with Crippen molar-refractivity contribution < 1.29 is 8.42 Å². The van der Waals surface area contributed by atoms with Crippen molar-refractivity contribution >= 4 is 21.7 Å². The fourth-order valence-electron chi connectivity index (χ4n) is 1.63. The topological polar surface area (TPSA) is 87.8 Å². The average Bonchev–Trinajstić information content (AvgIpc) is 2.52. The number of nitrogens with two attached hydrogens (primary N) is 1. The summed E-state index contributed by atoms with van der Waals surface area (Å²) in [6.07, 6.45) is 0. The van der Waals surface area contributed by atoms with Gasteiger partial charge in [-0.2, -0.15) is 13.1 Å². The maximum Gasteiger partial charge on any atom is 0.322 e. The van der Waals surface area contributed by atoms with E-state index in [0.717, 1.165) is 11.3 Å². The van der Waals surface area contributed by atoms with Gasteiger partial charge in [-0.05, 0) is 17.7 Å². The molecule has 0 amide bonds. The molecule has 6 nitrogen and oxygen atoms in total. The van der Waals surface area contributed by atoms with Gasteiger partial charge in [0.15, 0.2) is 0 Å². The lowest BCUT2D eigenvalue weighted by atomic mass is 10.1. The zero-order chi connectivity index (χ0) is 12.6. The first-order chi connectivity index (χ1) is 7.89. The van der Waals surface area contributed by atoms with Crippen LogP contribution >= 0.6 is 0 Å². The van der Waals surface area contributed by atoms with Gasteiger partial charge in [-0.25, -0.2) is 0 Å². The standard InChI is InChI=1S/C10H14N4O2S/c1-14(2)8-5-3-7(4-6-8)9-10(11)13-17(15,16)12-9/h3-6,9,12H,1-2H3,(H2,11,13). The molecule has 1 aliphatic heterocycles. The van der Waals surface area contributed by atoms with Crippen molar-refractivity contribution in [1.29, 1.82) is 0 Å². The number of rotatable bonds is 2. The van der Waals surface area contributed by atoms with Gasteiger partial charge in [0.25, 0.3) is 0 Å². The van der Waals surface area contributed by atoms with Gasteiger partial charge in [0, 0.05) is 19.8 Å². The van der Waals surface area contributed by atoms with Crippen LogP contribution in [0.2, 0.25) is 0 Å². The largest absolute Gasteiger partial charge is 0.385 e. The van der Waals surface area contributed by atoms with Gasteiger partial charge in [0.1, 0.15) is 11.9 Å². The summed E-state index contributed by atoms with van der Waals surface area (Å²) in [7, 11) is 0.251. The molecule has 2 rings (SSSR count). The van der Waals surface area contributed by atoms with Crippen LogP contribution in [-0.2, 0) is 10.2 Å². The highest BCUT2D eigenvalue weighted by atomic mass is 32.2. The van der Waals surface area contributed by atoms with Crippen LogP contribution in [0.5, 0.6) is 0 Å². The number of amidine groups is 1. The Labute approximate surface area is 100 Å². The minimum Gasteiger partial charge on any atom is -0.385 e. The molecule has 1 aliphatic rings. The second-order valence-electron chi connectivity index (χ2n) is 4.03. The summed E-state index contributed by atoms with van der Waals surface area (Å²) in [5.41, 5.74) is 7.39. The summed E-state index contributed by atoms with van der Waals surface area (Å²) >= 11 is 0. The Kier molecular flexibility index (Phi) is 2.80. The molecule has 92 valence electrons. The second kappa shape index (κ2) is 4.01. The van der Waals surface area contributed by atoms with Gasteiger partial charge < -0.3 is 10.6 Å². The number of nitrogens with zero attached hydrogens (tertiary/aromatic N) is 2. The van der Waals surface area contributed by atoms with Crippen LogP contribution in [0, 0.1) is 0 Å². The predicted molar refractivity (Wildman–Crippen MR) is 67.2 cm³/mol. The molecule has 1 heterocycles. The van der Waals surface area contributed by atoms with Gasteiger partial charge in [0.2, 0.25) is 0 Å². The Bertz CT molecular complexity index is 548. The van der Waals surface area contributed by atoms with Gasteiger partial charge in [-0.1, -0.05) is 12.1 Å². The average molecular weight is 254 g/mol. The summed E-state index contributed by atoms with van der Waals surface area (Å²) in [5.74, 6) is 0.0719. The van der Waals surface area contributed by atoms with Gasteiger partial charge in [-0.15, -0.1) is 4.40 Å². The lowest BCUT2D eigenvalue weighted by Gasteiger charge is -2.14. The Hall–Kier alpha value is -1.60. The minimum absolute atomic E-state index is 0.0719. The van der Waals surface area contributed by atoms with Crippen LogP contribution in [0.15, 0.2) is 28.7 Å². The smallest absolute Gasteiger partial charge is 0.322 e. The minimum atomic E-state index is -3.62. The Morgan fingerprint density at radius 1 is 1.29 bits per heavy atom. The fourth-order valence-corrected chi connectivity index (χ4v) is 2.62. The van der Waals surface area contributed by atoms with Crippen molar-refractivity contribution in [3.8, 4) is 0 Å². The number of hydrogen-bond acceptors (Lipinski definition) is 4. The monoisotopic (exact) mass is 254 g/mol. The van der Waals surface area contributed by atoms with Crippen LogP contribution in [0.1, 0.15) is 11.6 Å². The Balaban J connectivity index is 2.28. The summed E-state index contributed by atoms with van der Waals surface area (Å²) in [5, 5.41) is 0. The van der Waals surface area contributed by atoms with E-state index in [1.807, 2.05) is 43.3 Å². The van der Waals surface area contributed by atoms with Crippen molar-refractivity contribution in [2.75, 3.05) is 19.0 Å². The molecule has 0 fully saturated rings. The van der Waals surface area contributed by atoms with Crippen molar-refractivity contribution in [2.24, 2.45) is 10.1 Å². The maximum absolute atomic E-state index is 11.2. The summed E-state index contributed by atoms with van der Waals surface area (Å²) in [6.45, 7) is 0. The van der Waals surface area contributed by atoms with Crippen molar-refractivity contribution in [1.82, 2.24) is 4.72 Å². The van der Waals surface area contributed by atoms with E-state index in [9.17, 15) is 8.42 Å². The molecule has 1 aromatic rings. The van der Waals surface area contributed by atoms with Crippen LogP contribution in [-0.4, -0.2) is 28.3 Å². The molecule has 1 atom stereocenters. The van der Waals surface area contributed by atoms with E-state index in [2.05, 4.69) is 9.12 Å². The molecule has 1 aromatic carbocycles. The molecule has 0 radical (unpaired) electrons. The van der Waals surface area contributed by atoms with E-state index in [1.54, 1.807) is 0 Å². The number of hydrogen-bond donors (Lipinski definition) is 2. The highest BCUT2D eigenvalue weighted by molar-refractivity contribution is 7.88. The molecule has 0 saturated carbocycles. The molecule has 0 aliphatic carbocycles. The summed E-state index contributed by atoms with van der Waals surface area (Å²) in [6, 6.07) is 6.90. The van der Waals surface area contributed by atoms with E-state index in [1.165, 1.54) is 0 Å². The van der Waals surface area contributed by atoms with Crippen molar-refractivity contribution in [2.45, 2.75) is 6.04 Å².